The van der Waals surface area contributed by atoms with Gasteiger partial charge in [0, 0.05) is 0 Å². The third-order valence-corrected chi connectivity index (χ3v) is 3.78. The maximum absolute atomic E-state index is 11.9. The lowest BCUT2D eigenvalue weighted by Crippen LogP contribution is -2.31. The maximum atomic E-state index is 11.9. The number of carbonyl (C=O) groups is 1. The Bertz CT molecular complexity index is 575. The van der Waals surface area contributed by atoms with E-state index in [2.05, 4.69) is 19.2 Å². The lowest BCUT2D eigenvalue weighted by atomic mass is 9.99. The Morgan fingerprint density at radius 2 is 1.95 bits per heavy atom. The van der Waals surface area contributed by atoms with Gasteiger partial charge in [0.1, 0.15) is 11.5 Å². The predicted molar refractivity (Wildman–Crippen MR) is 85.9 cm³/mol. The summed E-state index contributed by atoms with van der Waals surface area (Å²) in [6, 6.07) is 11.4. The molecule has 0 aliphatic rings. The second-order valence-electron chi connectivity index (χ2n) is 5.47. The number of ether oxygens (including phenoxy) is 1. The summed E-state index contributed by atoms with van der Waals surface area (Å²) in [5.41, 5.74) is 1.28. The minimum absolute atomic E-state index is 0.00622. The van der Waals surface area contributed by atoms with Crippen molar-refractivity contribution in [3.8, 4) is 5.75 Å². The van der Waals surface area contributed by atoms with Crippen LogP contribution in [-0.4, -0.2) is 12.5 Å². The lowest BCUT2D eigenvalue weighted by Gasteiger charge is -2.13. The average Bonchev–Trinajstić information content (AvgIpc) is 3.07. The molecule has 4 heteroatoms. The van der Waals surface area contributed by atoms with Gasteiger partial charge in [0.2, 0.25) is 0 Å². The van der Waals surface area contributed by atoms with Crippen LogP contribution in [0.3, 0.4) is 0 Å². The van der Waals surface area contributed by atoms with Gasteiger partial charge in [-0.25, -0.2) is 0 Å². The fourth-order valence-electron chi connectivity index (χ4n) is 2.17. The van der Waals surface area contributed by atoms with Crippen molar-refractivity contribution in [3.05, 3.63) is 54.0 Å². The number of rotatable bonds is 7. The van der Waals surface area contributed by atoms with E-state index >= 15 is 0 Å². The van der Waals surface area contributed by atoms with Crippen molar-refractivity contribution in [2.24, 2.45) is 0 Å². The van der Waals surface area contributed by atoms with E-state index in [4.69, 9.17) is 9.15 Å². The highest BCUT2D eigenvalue weighted by molar-refractivity contribution is 5.77. The molecular weight excluding hydrogens is 278 g/mol. The quantitative estimate of drug-likeness (QED) is 0.839. The molecule has 0 saturated carbocycles. The molecule has 1 aromatic heterocycles. The van der Waals surface area contributed by atoms with E-state index in [0.29, 0.717) is 11.7 Å². The van der Waals surface area contributed by atoms with Crippen molar-refractivity contribution >= 4 is 5.91 Å². The molecule has 4 nitrogen and oxygen atoms in total. The van der Waals surface area contributed by atoms with Gasteiger partial charge in [-0.15, -0.1) is 0 Å². The van der Waals surface area contributed by atoms with Crippen molar-refractivity contribution in [2.45, 2.75) is 39.2 Å². The number of furan rings is 1. The maximum Gasteiger partial charge on any atom is 0.258 e. The zero-order chi connectivity index (χ0) is 15.9. The van der Waals surface area contributed by atoms with Crippen LogP contribution in [0, 0.1) is 0 Å². The Morgan fingerprint density at radius 1 is 1.23 bits per heavy atom. The summed E-state index contributed by atoms with van der Waals surface area (Å²) in [6.45, 7) is 6.23. The van der Waals surface area contributed by atoms with E-state index in [9.17, 15) is 4.79 Å². The lowest BCUT2D eigenvalue weighted by molar-refractivity contribution is -0.123. The number of hydrogen-bond acceptors (Lipinski definition) is 3. The number of hydrogen-bond donors (Lipinski definition) is 1. The van der Waals surface area contributed by atoms with Crippen LogP contribution >= 0.6 is 0 Å². The van der Waals surface area contributed by atoms with Gasteiger partial charge in [-0.2, -0.15) is 0 Å². The second kappa shape index (κ2) is 7.69. The Hall–Kier alpha value is -2.23. The molecule has 0 radical (unpaired) electrons. The first-order chi connectivity index (χ1) is 10.6. The highest BCUT2D eigenvalue weighted by Gasteiger charge is 2.12. The van der Waals surface area contributed by atoms with Crippen LogP contribution < -0.4 is 10.1 Å². The molecule has 0 aliphatic heterocycles. The molecule has 1 heterocycles. The van der Waals surface area contributed by atoms with Crippen LogP contribution in [0.5, 0.6) is 5.75 Å². The van der Waals surface area contributed by atoms with Crippen LogP contribution in [0.15, 0.2) is 47.1 Å². The van der Waals surface area contributed by atoms with Crippen molar-refractivity contribution in [2.75, 3.05) is 6.61 Å². The molecule has 0 fully saturated rings. The fraction of sp³-hybridized carbons (Fsp3) is 0.389. The Kier molecular flexibility index (Phi) is 5.64. The number of carbonyl (C=O) groups excluding carboxylic acids is 1. The molecule has 0 aliphatic carbocycles. The SMILES string of the molecule is CCC(C)c1ccc(OCC(=O)NC(C)c2ccco2)cc1. The summed E-state index contributed by atoms with van der Waals surface area (Å²) < 4.78 is 10.8. The molecule has 2 rings (SSSR count). The summed E-state index contributed by atoms with van der Waals surface area (Å²) in [4.78, 5) is 11.9. The van der Waals surface area contributed by atoms with E-state index < -0.39 is 0 Å². The Labute approximate surface area is 131 Å². The molecule has 1 N–H and O–H groups in total. The largest absolute Gasteiger partial charge is 0.484 e. The van der Waals surface area contributed by atoms with Gasteiger partial charge in [-0.1, -0.05) is 26.0 Å². The van der Waals surface area contributed by atoms with E-state index in [1.54, 1.807) is 12.3 Å². The van der Waals surface area contributed by atoms with Crippen molar-refractivity contribution in [1.29, 1.82) is 0 Å². The summed E-state index contributed by atoms with van der Waals surface area (Å²) in [5, 5.41) is 2.83. The van der Waals surface area contributed by atoms with Crippen LogP contribution in [-0.2, 0) is 4.79 Å². The number of amides is 1. The molecule has 0 spiro atoms. The molecule has 22 heavy (non-hydrogen) atoms. The van der Waals surface area contributed by atoms with Crippen LogP contribution in [0.4, 0.5) is 0 Å². The standard InChI is InChI=1S/C18H23NO3/c1-4-13(2)15-7-9-16(10-8-15)22-12-18(20)19-14(3)17-6-5-11-21-17/h5-11,13-14H,4,12H2,1-3H3,(H,19,20). The van der Waals surface area contributed by atoms with Gasteiger partial charge in [-0.3, -0.25) is 4.79 Å². The molecule has 1 amide bonds. The summed E-state index contributed by atoms with van der Waals surface area (Å²) in [7, 11) is 0. The van der Waals surface area contributed by atoms with Crippen LogP contribution in [0.1, 0.15) is 50.5 Å². The smallest absolute Gasteiger partial charge is 0.258 e. The third-order valence-electron chi connectivity index (χ3n) is 3.78. The highest BCUT2D eigenvalue weighted by Crippen LogP contribution is 2.21. The summed E-state index contributed by atoms with van der Waals surface area (Å²) >= 11 is 0. The molecule has 2 atom stereocenters. The zero-order valence-electron chi connectivity index (χ0n) is 13.3. The third kappa shape index (κ3) is 4.38. The molecule has 1 aromatic carbocycles. The highest BCUT2D eigenvalue weighted by atomic mass is 16.5. The summed E-state index contributed by atoms with van der Waals surface area (Å²) in [6.07, 6.45) is 2.70. The normalized spacial score (nSPS) is 13.4. The van der Waals surface area contributed by atoms with Gasteiger partial charge >= 0.3 is 0 Å². The number of benzene rings is 1. The average molecular weight is 301 g/mol. The van der Waals surface area contributed by atoms with E-state index in [0.717, 1.165) is 12.2 Å². The zero-order valence-corrected chi connectivity index (χ0v) is 13.3. The minimum atomic E-state index is -0.171. The molecule has 118 valence electrons. The first kappa shape index (κ1) is 16.1. The van der Waals surface area contributed by atoms with Crippen molar-refractivity contribution in [1.82, 2.24) is 5.32 Å². The summed E-state index contributed by atoms with van der Waals surface area (Å²) in [5.74, 6) is 1.79. The van der Waals surface area contributed by atoms with Crippen molar-refractivity contribution < 1.29 is 13.9 Å². The van der Waals surface area contributed by atoms with Gasteiger partial charge in [-0.05, 0) is 49.1 Å². The molecule has 0 saturated heterocycles. The molecule has 0 bridgehead atoms. The van der Waals surface area contributed by atoms with Gasteiger partial charge in [0.15, 0.2) is 6.61 Å². The van der Waals surface area contributed by atoms with E-state index in [-0.39, 0.29) is 18.6 Å². The predicted octanol–water partition coefficient (Wildman–Crippen LogP) is 4.05. The van der Waals surface area contributed by atoms with Gasteiger partial charge in [0.25, 0.3) is 5.91 Å². The van der Waals surface area contributed by atoms with Gasteiger partial charge in [0.05, 0.1) is 12.3 Å². The van der Waals surface area contributed by atoms with E-state index in [1.165, 1.54) is 5.56 Å². The van der Waals surface area contributed by atoms with Crippen molar-refractivity contribution in [3.63, 3.8) is 0 Å². The molecule has 2 unspecified atom stereocenters. The Morgan fingerprint density at radius 3 is 2.55 bits per heavy atom. The first-order valence-corrected chi connectivity index (χ1v) is 7.65. The van der Waals surface area contributed by atoms with Crippen LogP contribution in [0.2, 0.25) is 0 Å². The van der Waals surface area contributed by atoms with Crippen LogP contribution in [0.25, 0.3) is 0 Å². The Balaban J connectivity index is 1.81. The topological polar surface area (TPSA) is 51.5 Å². The minimum Gasteiger partial charge on any atom is -0.484 e. The fourth-order valence-corrected chi connectivity index (χ4v) is 2.17. The molecular formula is C18H23NO3. The number of nitrogens with one attached hydrogen (secondary N) is 1. The monoisotopic (exact) mass is 301 g/mol. The second-order valence-corrected chi connectivity index (χ2v) is 5.47. The first-order valence-electron chi connectivity index (χ1n) is 7.65. The molecule has 2 aromatic rings. The van der Waals surface area contributed by atoms with Gasteiger partial charge < -0.3 is 14.5 Å². The van der Waals surface area contributed by atoms with E-state index in [1.807, 2.05) is 37.3 Å².